The van der Waals surface area contributed by atoms with Crippen molar-refractivity contribution in [3.05, 3.63) is 30.1 Å². The molecule has 0 aliphatic rings. The summed E-state index contributed by atoms with van der Waals surface area (Å²) in [6, 6.07) is 4.08. The average Bonchev–Trinajstić information content (AvgIpc) is 2.13. The van der Waals surface area contributed by atoms with Gasteiger partial charge in [0, 0.05) is 24.5 Å². The van der Waals surface area contributed by atoms with Crippen LogP contribution in [0.1, 0.15) is 46.6 Å². The van der Waals surface area contributed by atoms with Crippen LogP contribution in [0.5, 0.6) is 0 Å². The maximum Gasteiger partial charge on any atom is 0.0312 e. The summed E-state index contributed by atoms with van der Waals surface area (Å²) in [6.07, 6.45) is 4.88. The molecule has 0 spiro atoms. The average molecular weight is 220 g/mol. The van der Waals surface area contributed by atoms with Crippen LogP contribution >= 0.6 is 0 Å². The number of pyridine rings is 1. The molecule has 0 fully saturated rings. The summed E-state index contributed by atoms with van der Waals surface area (Å²) in [4.78, 5) is 4.12. The Morgan fingerprint density at radius 2 is 1.88 bits per heavy atom. The Morgan fingerprint density at radius 3 is 2.38 bits per heavy atom. The minimum Gasteiger partial charge on any atom is -0.308 e. The molecule has 0 aromatic carbocycles. The maximum atomic E-state index is 4.12. The van der Waals surface area contributed by atoms with Crippen molar-refractivity contribution in [3.63, 3.8) is 0 Å². The zero-order chi connectivity index (χ0) is 12.2. The van der Waals surface area contributed by atoms with Gasteiger partial charge in [-0.2, -0.15) is 0 Å². The highest BCUT2D eigenvalue weighted by Gasteiger charge is 2.24. The van der Waals surface area contributed by atoms with Crippen LogP contribution in [0.4, 0.5) is 0 Å². The number of rotatable bonds is 4. The molecule has 16 heavy (non-hydrogen) atoms. The Labute approximate surface area is 99.5 Å². The molecule has 1 aromatic heterocycles. The number of aromatic nitrogens is 1. The number of nitrogens with one attached hydrogen (secondary N) is 1. The molecule has 90 valence electrons. The zero-order valence-electron chi connectivity index (χ0n) is 11.2. The van der Waals surface area contributed by atoms with Crippen molar-refractivity contribution in [3.8, 4) is 0 Å². The van der Waals surface area contributed by atoms with Crippen molar-refractivity contribution in [1.82, 2.24) is 10.3 Å². The summed E-state index contributed by atoms with van der Waals surface area (Å²) in [6.45, 7) is 12.2. The van der Waals surface area contributed by atoms with Gasteiger partial charge < -0.3 is 5.32 Å². The largest absolute Gasteiger partial charge is 0.308 e. The molecule has 0 amide bonds. The first kappa shape index (κ1) is 13.2. The van der Waals surface area contributed by atoms with E-state index in [0.29, 0.717) is 5.41 Å². The zero-order valence-corrected chi connectivity index (χ0v) is 11.2. The van der Waals surface area contributed by atoms with Crippen LogP contribution < -0.4 is 5.32 Å². The predicted molar refractivity (Wildman–Crippen MR) is 69.2 cm³/mol. The Hall–Kier alpha value is -0.890. The lowest BCUT2D eigenvalue weighted by Gasteiger charge is -2.33. The van der Waals surface area contributed by atoms with Gasteiger partial charge in [-0.05, 0) is 37.3 Å². The molecule has 0 saturated carbocycles. The van der Waals surface area contributed by atoms with Crippen molar-refractivity contribution in [1.29, 1.82) is 0 Å². The highest BCUT2D eigenvalue weighted by Crippen LogP contribution is 2.26. The molecule has 2 nitrogen and oxygen atoms in total. The van der Waals surface area contributed by atoms with Gasteiger partial charge in [0.15, 0.2) is 0 Å². The van der Waals surface area contributed by atoms with E-state index in [9.17, 15) is 0 Å². The van der Waals surface area contributed by atoms with Gasteiger partial charge in [0.2, 0.25) is 0 Å². The topological polar surface area (TPSA) is 24.9 Å². The van der Waals surface area contributed by atoms with E-state index in [-0.39, 0.29) is 5.54 Å². The second-order valence-corrected chi connectivity index (χ2v) is 6.34. The maximum absolute atomic E-state index is 4.12. The van der Waals surface area contributed by atoms with Gasteiger partial charge in [0.25, 0.3) is 0 Å². The van der Waals surface area contributed by atoms with Crippen LogP contribution in [0.2, 0.25) is 0 Å². The Morgan fingerprint density at radius 1 is 1.19 bits per heavy atom. The first-order chi connectivity index (χ1) is 7.29. The van der Waals surface area contributed by atoms with E-state index in [1.165, 1.54) is 5.56 Å². The van der Waals surface area contributed by atoms with E-state index in [1.807, 2.05) is 18.5 Å². The number of nitrogens with zero attached hydrogens (tertiary/aromatic N) is 1. The standard InChI is InChI=1S/C14H24N2/c1-13(2,3)11-14(4,5)16-10-12-7-6-8-15-9-12/h6-9,16H,10-11H2,1-5H3. The molecule has 0 atom stereocenters. The van der Waals surface area contributed by atoms with Crippen LogP contribution in [-0.2, 0) is 6.54 Å². The van der Waals surface area contributed by atoms with Crippen LogP contribution in [0.25, 0.3) is 0 Å². The van der Waals surface area contributed by atoms with E-state index >= 15 is 0 Å². The van der Waals surface area contributed by atoms with Gasteiger partial charge >= 0.3 is 0 Å². The van der Waals surface area contributed by atoms with E-state index in [4.69, 9.17) is 0 Å². The lowest BCUT2D eigenvalue weighted by atomic mass is 9.82. The molecule has 1 N–H and O–H groups in total. The van der Waals surface area contributed by atoms with Crippen molar-refractivity contribution < 1.29 is 0 Å². The molecule has 0 bridgehead atoms. The van der Waals surface area contributed by atoms with Gasteiger partial charge in [0.05, 0.1) is 0 Å². The highest BCUT2D eigenvalue weighted by molar-refractivity contribution is 5.08. The molecular weight excluding hydrogens is 196 g/mol. The molecule has 0 aliphatic carbocycles. The summed E-state index contributed by atoms with van der Waals surface area (Å²) >= 11 is 0. The predicted octanol–water partition coefficient (Wildman–Crippen LogP) is 3.39. The minimum absolute atomic E-state index is 0.161. The third-order valence-corrected chi connectivity index (χ3v) is 2.47. The Balaban J connectivity index is 2.48. The lowest BCUT2D eigenvalue weighted by Crippen LogP contribution is -2.41. The van der Waals surface area contributed by atoms with Crippen LogP contribution in [-0.4, -0.2) is 10.5 Å². The minimum atomic E-state index is 0.161. The summed E-state index contributed by atoms with van der Waals surface area (Å²) in [5.41, 5.74) is 1.75. The van der Waals surface area contributed by atoms with Crippen molar-refractivity contribution in [2.45, 2.75) is 53.1 Å². The first-order valence-electron chi connectivity index (χ1n) is 5.92. The lowest BCUT2D eigenvalue weighted by molar-refractivity contribution is 0.240. The summed E-state index contributed by atoms with van der Waals surface area (Å²) in [7, 11) is 0. The molecule has 1 aromatic rings. The van der Waals surface area contributed by atoms with Crippen molar-refractivity contribution >= 4 is 0 Å². The molecular formula is C14H24N2. The second kappa shape index (κ2) is 4.96. The molecule has 0 radical (unpaired) electrons. The normalized spacial score (nSPS) is 12.8. The fourth-order valence-electron chi connectivity index (χ4n) is 2.23. The van der Waals surface area contributed by atoms with Crippen molar-refractivity contribution in [2.75, 3.05) is 0 Å². The summed E-state index contributed by atoms with van der Waals surface area (Å²) in [5, 5.41) is 3.59. The van der Waals surface area contributed by atoms with Crippen molar-refractivity contribution in [2.24, 2.45) is 5.41 Å². The Kier molecular flexibility index (Phi) is 4.09. The summed E-state index contributed by atoms with van der Waals surface area (Å²) < 4.78 is 0. The molecule has 0 saturated heterocycles. The SMILES string of the molecule is CC(C)(C)CC(C)(C)NCc1cccnc1. The fourth-order valence-corrected chi connectivity index (χ4v) is 2.23. The molecule has 1 heterocycles. The molecule has 0 aliphatic heterocycles. The third-order valence-electron chi connectivity index (χ3n) is 2.47. The molecule has 2 heteroatoms. The van der Waals surface area contributed by atoms with Crippen LogP contribution in [0.15, 0.2) is 24.5 Å². The number of hydrogen-bond acceptors (Lipinski definition) is 2. The van der Waals surface area contributed by atoms with Gasteiger partial charge in [0.1, 0.15) is 0 Å². The first-order valence-corrected chi connectivity index (χ1v) is 5.92. The molecule has 1 rings (SSSR count). The summed E-state index contributed by atoms with van der Waals surface area (Å²) in [5.74, 6) is 0. The van der Waals surface area contributed by atoms with E-state index in [1.54, 1.807) is 0 Å². The van der Waals surface area contributed by atoms with E-state index in [2.05, 4.69) is 51.0 Å². The van der Waals surface area contributed by atoms with E-state index < -0.39 is 0 Å². The highest BCUT2D eigenvalue weighted by atomic mass is 15.0. The smallest absolute Gasteiger partial charge is 0.0312 e. The van der Waals surface area contributed by atoms with Crippen LogP contribution in [0, 0.1) is 5.41 Å². The monoisotopic (exact) mass is 220 g/mol. The number of hydrogen-bond donors (Lipinski definition) is 1. The van der Waals surface area contributed by atoms with Gasteiger partial charge in [-0.3, -0.25) is 4.98 Å². The molecule has 0 unspecified atom stereocenters. The van der Waals surface area contributed by atoms with Gasteiger partial charge in [-0.1, -0.05) is 26.8 Å². The second-order valence-electron chi connectivity index (χ2n) is 6.34. The fraction of sp³-hybridized carbons (Fsp3) is 0.643. The van der Waals surface area contributed by atoms with E-state index in [0.717, 1.165) is 13.0 Å². The van der Waals surface area contributed by atoms with Gasteiger partial charge in [-0.15, -0.1) is 0 Å². The van der Waals surface area contributed by atoms with Gasteiger partial charge in [-0.25, -0.2) is 0 Å². The third kappa shape index (κ3) is 5.26. The quantitative estimate of drug-likeness (QED) is 0.841. The Bertz CT molecular complexity index is 309. The van der Waals surface area contributed by atoms with Crippen LogP contribution in [0.3, 0.4) is 0 Å².